The monoisotopic (exact) mass is 924 g/mol. The van der Waals surface area contributed by atoms with Crippen LogP contribution >= 0.6 is 0 Å². The molecule has 0 saturated carbocycles. The summed E-state index contributed by atoms with van der Waals surface area (Å²) in [6.07, 6.45) is 2.29. The van der Waals surface area contributed by atoms with E-state index in [1.807, 2.05) is 0 Å². The van der Waals surface area contributed by atoms with Gasteiger partial charge < -0.3 is 9.80 Å². The fraction of sp³-hybridized carbons (Fsp3) is 0.130. The van der Waals surface area contributed by atoms with Gasteiger partial charge in [-0.05, 0) is 180 Å². The molecule has 3 heteroatoms. The van der Waals surface area contributed by atoms with E-state index >= 15 is 0 Å². The van der Waals surface area contributed by atoms with E-state index in [1.54, 1.807) is 0 Å². The number of nitrogens with zero attached hydrogens (tertiary/aromatic N) is 2. The van der Waals surface area contributed by atoms with Crippen LogP contribution in [0.5, 0.6) is 0 Å². The number of hydrogen-bond donors (Lipinski definition) is 0. The molecule has 0 spiro atoms. The van der Waals surface area contributed by atoms with E-state index in [4.69, 9.17) is 0 Å². The summed E-state index contributed by atoms with van der Waals surface area (Å²) in [5, 5.41) is 0. The molecule has 10 aromatic rings. The first-order valence-corrected chi connectivity index (χ1v) is 25.7. The molecule has 0 fully saturated rings. The van der Waals surface area contributed by atoms with Crippen LogP contribution in [-0.2, 0) is 10.8 Å². The molecular formula is C69H57BN2. The zero-order chi connectivity index (χ0) is 48.7. The molecule has 72 heavy (non-hydrogen) atoms. The average molecular weight is 925 g/mol. The third-order valence-electron chi connectivity index (χ3n) is 16.1. The molecule has 0 atom stereocenters. The second kappa shape index (κ2) is 17.0. The van der Waals surface area contributed by atoms with Crippen LogP contribution in [-0.4, -0.2) is 6.71 Å². The Balaban J connectivity index is 1.14. The van der Waals surface area contributed by atoms with E-state index in [1.165, 1.54) is 111 Å². The van der Waals surface area contributed by atoms with Gasteiger partial charge in [0.15, 0.2) is 0 Å². The second-order valence-corrected chi connectivity index (χ2v) is 21.7. The summed E-state index contributed by atoms with van der Waals surface area (Å²) < 4.78 is 0. The highest BCUT2D eigenvalue weighted by Crippen LogP contribution is 2.52. The molecule has 2 heterocycles. The predicted octanol–water partition coefficient (Wildman–Crippen LogP) is 16.8. The first-order valence-electron chi connectivity index (χ1n) is 25.7. The van der Waals surface area contributed by atoms with E-state index < -0.39 is 0 Å². The first-order chi connectivity index (χ1) is 35.1. The van der Waals surface area contributed by atoms with Crippen LogP contribution in [0.25, 0.3) is 55.6 Å². The Bertz CT molecular complexity index is 3580. The Morgan fingerprint density at radius 3 is 1.08 bits per heavy atom. The van der Waals surface area contributed by atoms with Crippen LogP contribution in [0.4, 0.5) is 34.1 Å². The summed E-state index contributed by atoms with van der Waals surface area (Å²) in [5.74, 6) is 0. The van der Waals surface area contributed by atoms with Gasteiger partial charge in [-0.25, -0.2) is 0 Å². The predicted molar refractivity (Wildman–Crippen MR) is 308 cm³/mol. The van der Waals surface area contributed by atoms with Gasteiger partial charge >= 0.3 is 0 Å². The van der Waals surface area contributed by atoms with Crippen molar-refractivity contribution in [3.8, 4) is 55.6 Å². The van der Waals surface area contributed by atoms with Gasteiger partial charge in [0.2, 0.25) is 0 Å². The lowest BCUT2D eigenvalue weighted by molar-refractivity contribution is 0.332. The van der Waals surface area contributed by atoms with Crippen molar-refractivity contribution in [1.82, 2.24) is 0 Å². The minimum absolute atomic E-state index is 0.0107. The maximum atomic E-state index is 2.66. The van der Waals surface area contributed by atoms with Crippen molar-refractivity contribution < 1.29 is 0 Å². The van der Waals surface area contributed by atoms with Gasteiger partial charge in [-0.3, -0.25) is 0 Å². The molecule has 13 rings (SSSR count). The van der Waals surface area contributed by atoms with Crippen LogP contribution in [0.3, 0.4) is 0 Å². The van der Waals surface area contributed by atoms with Gasteiger partial charge in [0, 0.05) is 34.1 Å². The molecule has 0 saturated heterocycles. The fourth-order valence-electron chi connectivity index (χ4n) is 12.2. The molecule has 2 aliphatic heterocycles. The van der Waals surface area contributed by atoms with Crippen molar-refractivity contribution >= 4 is 57.2 Å². The Labute approximate surface area is 426 Å². The maximum Gasteiger partial charge on any atom is 0.252 e. The summed E-state index contributed by atoms with van der Waals surface area (Å²) in [6, 6.07) is 86.5. The second-order valence-electron chi connectivity index (χ2n) is 21.7. The average Bonchev–Trinajstić information content (AvgIpc) is 3.42. The molecule has 2 nitrogen and oxygen atoms in total. The lowest BCUT2D eigenvalue weighted by atomic mass is 9.33. The molecule has 0 radical (unpaired) electrons. The Hall–Kier alpha value is -8.14. The minimum atomic E-state index is -0.0270. The summed E-state index contributed by atoms with van der Waals surface area (Å²) in [7, 11) is 0. The number of aryl methyl sites for hydroxylation is 1. The Morgan fingerprint density at radius 2 is 0.681 bits per heavy atom. The number of anilines is 6. The molecule has 0 unspecified atom stereocenters. The fourth-order valence-corrected chi connectivity index (χ4v) is 12.2. The summed E-state index contributed by atoms with van der Waals surface area (Å²) in [5.41, 5.74) is 27.4. The van der Waals surface area contributed by atoms with E-state index in [-0.39, 0.29) is 17.5 Å². The SMILES string of the molecule is Cc1cc2c3c(c1)N(c1cc(-c4ccccc4)cc(-c4ccccc4)c1)c1cc4c(cc1B3c1ccc(-c3ccccc3)cc1N2c1cc(-c2ccccc2)cc(-c2ccccc2)c1)C(C)(C)CCC4(C)C. The van der Waals surface area contributed by atoms with Crippen molar-refractivity contribution in [2.45, 2.75) is 58.3 Å². The van der Waals surface area contributed by atoms with Gasteiger partial charge in [-0.1, -0.05) is 198 Å². The Kier molecular flexibility index (Phi) is 10.4. The smallest absolute Gasteiger partial charge is 0.252 e. The molecule has 0 N–H and O–H groups in total. The largest absolute Gasteiger partial charge is 0.311 e. The van der Waals surface area contributed by atoms with Crippen molar-refractivity contribution in [3.05, 3.63) is 247 Å². The van der Waals surface area contributed by atoms with Crippen molar-refractivity contribution in [2.24, 2.45) is 0 Å². The van der Waals surface area contributed by atoms with Crippen LogP contribution in [0.2, 0.25) is 0 Å². The zero-order valence-electron chi connectivity index (χ0n) is 41.8. The van der Waals surface area contributed by atoms with Crippen molar-refractivity contribution in [3.63, 3.8) is 0 Å². The zero-order valence-corrected chi connectivity index (χ0v) is 41.8. The first kappa shape index (κ1) is 43.9. The standard InChI is InChI=1S/C69H57BN2/c1-46-35-65-67-66(36-46)72(58-41-55(50-27-17-9-18-28-50)38-56(42-58)51-29-19-10-20-30-51)64-45-60-59(68(2,3)33-34-69(60,4)5)44-62(64)70(67)61-32-31-52(47-21-11-6-12-22-47)43-63(61)71(65)57-39-53(48-23-13-7-14-24-48)37-54(40-57)49-25-15-8-16-26-49/h6-32,35-45H,33-34H2,1-5H3. The van der Waals surface area contributed by atoms with E-state index in [9.17, 15) is 0 Å². The molecule has 1 aliphatic carbocycles. The minimum Gasteiger partial charge on any atom is -0.311 e. The molecule has 0 aromatic heterocycles. The van der Waals surface area contributed by atoms with Gasteiger partial charge in [-0.2, -0.15) is 0 Å². The van der Waals surface area contributed by atoms with Crippen LogP contribution in [0, 0.1) is 6.92 Å². The molecule has 346 valence electrons. The molecule has 3 aliphatic rings. The van der Waals surface area contributed by atoms with E-state index in [0.29, 0.717) is 0 Å². The third-order valence-corrected chi connectivity index (χ3v) is 16.1. The van der Waals surface area contributed by atoms with Gasteiger partial charge in [0.05, 0.1) is 0 Å². The number of hydrogen-bond acceptors (Lipinski definition) is 2. The maximum absolute atomic E-state index is 2.66. The van der Waals surface area contributed by atoms with Crippen molar-refractivity contribution in [2.75, 3.05) is 9.80 Å². The van der Waals surface area contributed by atoms with Gasteiger partial charge in [0.25, 0.3) is 6.71 Å². The van der Waals surface area contributed by atoms with Crippen molar-refractivity contribution in [1.29, 1.82) is 0 Å². The highest BCUT2D eigenvalue weighted by atomic mass is 15.2. The highest BCUT2D eigenvalue weighted by molar-refractivity contribution is 7.00. The summed E-state index contributed by atoms with van der Waals surface area (Å²) in [6.45, 7) is 12.1. The highest BCUT2D eigenvalue weighted by Gasteiger charge is 2.46. The summed E-state index contributed by atoms with van der Waals surface area (Å²) in [4.78, 5) is 5.25. The third kappa shape index (κ3) is 7.41. The van der Waals surface area contributed by atoms with E-state index in [2.05, 4.69) is 275 Å². The number of rotatable bonds is 7. The Morgan fingerprint density at radius 1 is 0.319 bits per heavy atom. The molecule has 0 bridgehead atoms. The normalized spacial score (nSPS) is 14.8. The van der Waals surface area contributed by atoms with Crippen LogP contribution in [0.15, 0.2) is 231 Å². The molecule has 10 aromatic carbocycles. The molecule has 0 amide bonds. The van der Waals surface area contributed by atoms with Crippen LogP contribution < -0.4 is 26.2 Å². The molecular weight excluding hydrogens is 868 g/mol. The van der Waals surface area contributed by atoms with Gasteiger partial charge in [-0.15, -0.1) is 0 Å². The lowest BCUT2D eigenvalue weighted by Crippen LogP contribution is -2.61. The topological polar surface area (TPSA) is 6.48 Å². The lowest BCUT2D eigenvalue weighted by Gasteiger charge is -2.47. The quantitative estimate of drug-likeness (QED) is 0.147. The van der Waals surface area contributed by atoms with E-state index in [0.717, 1.165) is 24.2 Å². The summed E-state index contributed by atoms with van der Waals surface area (Å²) >= 11 is 0. The van der Waals surface area contributed by atoms with Gasteiger partial charge in [0.1, 0.15) is 0 Å². The number of fused-ring (bicyclic) bond motifs is 5. The van der Waals surface area contributed by atoms with Crippen LogP contribution in [0.1, 0.15) is 57.2 Å². The number of benzene rings is 10.